The van der Waals surface area contributed by atoms with Gasteiger partial charge < -0.3 is 4.57 Å². The molecule has 1 nitrogen and oxygen atoms in total. The van der Waals surface area contributed by atoms with Gasteiger partial charge in [0.1, 0.15) is 0 Å². The Kier molecular flexibility index (Phi) is 5.43. The van der Waals surface area contributed by atoms with E-state index >= 15 is 0 Å². The molecule has 0 saturated carbocycles. The van der Waals surface area contributed by atoms with Gasteiger partial charge in [0.25, 0.3) is 0 Å². The molecule has 0 saturated heterocycles. The molecule has 0 unspecified atom stereocenters. The van der Waals surface area contributed by atoms with E-state index in [1.165, 1.54) is 50.6 Å². The molecule has 1 aromatic heterocycles. The Balaban J connectivity index is 2.22. The number of unbranched alkanes of at least 4 members (excludes halogenated alkanes) is 3. The molecule has 1 aromatic rings. The van der Waals surface area contributed by atoms with Crippen LogP contribution in [-0.2, 0) is 13.0 Å². The smallest absolute Gasteiger partial charge is 0.0219 e. The second kappa shape index (κ2) is 6.69. The number of rotatable bonds is 7. The largest absolute Gasteiger partial charge is 0.354 e. The van der Waals surface area contributed by atoms with Crippen molar-refractivity contribution in [2.24, 2.45) is 0 Å². The first kappa shape index (κ1) is 11.4. The summed E-state index contributed by atoms with van der Waals surface area (Å²) >= 11 is 0. The van der Waals surface area contributed by atoms with Crippen LogP contribution in [0.5, 0.6) is 0 Å². The Morgan fingerprint density at radius 2 is 1.93 bits per heavy atom. The van der Waals surface area contributed by atoms with Crippen LogP contribution in [-0.4, -0.2) is 4.57 Å². The van der Waals surface area contributed by atoms with E-state index in [1.54, 1.807) is 0 Å². The Bertz CT molecular complexity index is 237. The van der Waals surface area contributed by atoms with Crippen LogP contribution in [0.3, 0.4) is 0 Å². The van der Waals surface area contributed by atoms with E-state index in [-0.39, 0.29) is 0 Å². The van der Waals surface area contributed by atoms with Crippen LogP contribution >= 0.6 is 0 Å². The van der Waals surface area contributed by atoms with Gasteiger partial charge in [0.05, 0.1) is 0 Å². The summed E-state index contributed by atoms with van der Waals surface area (Å²) < 4.78 is 2.33. The highest BCUT2D eigenvalue weighted by Crippen LogP contribution is 2.07. The summed E-state index contributed by atoms with van der Waals surface area (Å²) in [5.74, 6) is 0. The molecule has 0 fully saturated rings. The highest BCUT2D eigenvalue weighted by Gasteiger charge is 1.95. The lowest BCUT2D eigenvalue weighted by Crippen LogP contribution is -1.94. The number of aromatic nitrogens is 1. The molecule has 0 aliphatic carbocycles. The number of hydrogen-bond donors (Lipinski definition) is 0. The first-order valence-corrected chi connectivity index (χ1v) is 6.01. The van der Waals surface area contributed by atoms with Crippen LogP contribution in [0.4, 0.5) is 0 Å². The molecule has 0 radical (unpaired) electrons. The lowest BCUT2D eigenvalue weighted by molar-refractivity contribution is 0.583. The predicted molar refractivity (Wildman–Crippen MR) is 62.6 cm³/mol. The maximum Gasteiger partial charge on any atom is 0.0219 e. The fourth-order valence-corrected chi connectivity index (χ4v) is 1.79. The zero-order valence-corrected chi connectivity index (χ0v) is 9.63. The molecule has 1 rings (SSSR count). The van der Waals surface area contributed by atoms with Gasteiger partial charge in [-0.1, -0.05) is 39.5 Å². The summed E-state index contributed by atoms with van der Waals surface area (Å²) in [6, 6.07) is 2.25. The van der Waals surface area contributed by atoms with Crippen LogP contribution in [0.25, 0.3) is 0 Å². The third kappa shape index (κ3) is 3.99. The summed E-state index contributed by atoms with van der Waals surface area (Å²) in [6.07, 6.45) is 12.4. The molecule has 0 aliphatic rings. The van der Waals surface area contributed by atoms with Crippen molar-refractivity contribution in [1.29, 1.82) is 0 Å². The standard InChI is InChI=1S/C13H23N/c1-3-5-6-7-10-14-11-9-13(12-14)8-4-2/h9,11-12H,3-8,10H2,1-2H3. The minimum atomic E-state index is 1.20. The zero-order chi connectivity index (χ0) is 10.2. The molecule has 0 aliphatic heterocycles. The fraction of sp³-hybridized carbons (Fsp3) is 0.692. The van der Waals surface area contributed by atoms with Crippen molar-refractivity contribution in [3.05, 3.63) is 24.0 Å². The monoisotopic (exact) mass is 193 g/mol. The third-order valence-corrected chi connectivity index (χ3v) is 2.62. The number of hydrogen-bond acceptors (Lipinski definition) is 0. The molecule has 0 N–H and O–H groups in total. The fourth-order valence-electron chi connectivity index (χ4n) is 1.79. The minimum absolute atomic E-state index is 1.20. The minimum Gasteiger partial charge on any atom is -0.354 e. The maximum absolute atomic E-state index is 2.33. The van der Waals surface area contributed by atoms with Crippen molar-refractivity contribution < 1.29 is 0 Å². The van der Waals surface area contributed by atoms with Gasteiger partial charge in [-0.3, -0.25) is 0 Å². The molecule has 14 heavy (non-hydrogen) atoms. The molecule has 0 bridgehead atoms. The average Bonchev–Trinajstić information content (AvgIpc) is 2.61. The van der Waals surface area contributed by atoms with Gasteiger partial charge in [-0.2, -0.15) is 0 Å². The first-order valence-electron chi connectivity index (χ1n) is 6.01. The van der Waals surface area contributed by atoms with Crippen molar-refractivity contribution in [3.8, 4) is 0 Å². The van der Waals surface area contributed by atoms with Crippen LogP contribution in [0.15, 0.2) is 18.5 Å². The van der Waals surface area contributed by atoms with Gasteiger partial charge in [0, 0.05) is 18.9 Å². The van der Waals surface area contributed by atoms with Gasteiger partial charge in [-0.25, -0.2) is 0 Å². The van der Waals surface area contributed by atoms with E-state index in [1.807, 2.05) is 0 Å². The lowest BCUT2D eigenvalue weighted by atomic mass is 10.2. The molecule has 0 atom stereocenters. The summed E-state index contributed by atoms with van der Waals surface area (Å²) in [5, 5.41) is 0. The third-order valence-electron chi connectivity index (χ3n) is 2.62. The molecule has 0 aromatic carbocycles. The van der Waals surface area contributed by atoms with E-state index in [9.17, 15) is 0 Å². The van der Waals surface area contributed by atoms with Crippen LogP contribution in [0.1, 0.15) is 51.5 Å². The van der Waals surface area contributed by atoms with Gasteiger partial charge in [0.15, 0.2) is 0 Å². The van der Waals surface area contributed by atoms with Crippen LogP contribution in [0.2, 0.25) is 0 Å². The summed E-state index contributed by atoms with van der Waals surface area (Å²) in [6.45, 7) is 5.69. The van der Waals surface area contributed by atoms with Gasteiger partial charge in [-0.15, -0.1) is 0 Å². The highest BCUT2D eigenvalue weighted by atomic mass is 14.9. The van der Waals surface area contributed by atoms with Gasteiger partial charge >= 0.3 is 0 Å². The summed E-state index contributed by atoms with van der Waals surface area (Å²) in [5.41, 5.74) is 1.49. The number of nitrogens with zero attached hydrogens (tertiary/aromatic N) is 1. The summed E-state index contributed by atoms with van der Waals surface area (Å²) in [7, 11) is 0. The normalized spacial score (nSPS) is 10.7. The SMILES string of the molecule is CCCCCCn1ccc(CCC)c1. The first-order chi connectivity index (χ1) is 6.86. The topological polar surface area (TPSA) is 4.93 Å². The highest BCUT2D eigenvalue weighted by molar-refractivity contribution is 5.10. The van der Waals surface area contributed by atoms with Crippen molar-refractivity contribution >= 4 is 0 Å². The maximum atomic E-state index is 2.33. The van der Waals surface area contributed by atoms with E-state index in [2.05, 4.69) is 36.9 Å². The Morgan fingerprint density at radius 1 is 1.07 bits per heavy atom. The van der Waals surface area contributed by atoms with Crippen LogP contribution in [0, 0.1) is 0 Å². The second-order valence-corrected chi connectivity index (χ2v) is 4.07. The second-order valence-electron chi connectivity index (χ2n) is 4.07. The Labute approximate surface area is 88.1 Å². The van der Waals surface area contributed by atoms with Crippen LogP contribution < -0.4 is 0 Å². The van der Waals surface area contributed by atoms with E-state index in [0.717, 1.165) is 0 Å². The predicted octanol–water partition coefficient (Wildman–Crippen LogP) is 4.02. The zero-order valence-electron chi connectivity index (χ0n) is 9.63. The van der Waals surface area contributed by atoms with Crippen molar-refractivity contribution in [3.63, 3.8) is 0 Å². The molecular formula is C13H23N. The van der Waals surface area contributed by atoms with Crippen molar-refractivity contribution in [2.75, 3.05) is 0 Å². The van der Waals surface area contributed by atoms with Gasteiger partial charge in [0.2, 0.25) is 0 Å². The summed E-state index contributed by atoms with van der Waals surface area (Å²) in [4.78, 5) is 0. The molecule has 0 amide bonds. The molecular weight excluding hydrogens is 170 g/mol. The Morgan fingerprint density at radius 3 is 2.64 bits per heavy atom. The van der Waals surface area contributed by atoms with Gasteiger partial charge in [-0.05, 0) is 24.5 Å². The van der Waals surface area contributed by atoms with Crippen molar-refractivity contribution in [1.82, 2.24) is 4.57 Å². The molecule has 1 heterocycles. The Hall–Kier alpha value is -0.720. The lowest BCUT2D eigenvalue weighted by Gasteiger charge is -2.01. The molecule has 1 heteroatoms. The number of aryl methyl sites for hydroxylation is 2. The van der Waals surface area contributed by atoms with E-state index in [0.29, 0.717) is 0 Å². The average molecular weight is 193 g/mol. The quantitative estimate of drug-likeness (QED) is 0.576. The van der Waals surface area contributed by atoms with E-state index < -0.39 is 0 Å². The molecule has 80 valence electrons. The van der Waals surface area contributed by atoms with E-state index in [4.69, 9.17) is 0 Å². The molecule has 0 spiro atoms. The van der Waals surface area contributed by atoms with Crippen molar-refractivity contribution in [2.45, 2.75) is 58.9 Å².